The Morgan fingerprint density at radius 2 is 2.03 bits per heavy atom. The molecule has 1 amide bonds. The van der Waals surface area contributed by atoms with E-state index in [1.807, 2.05) is 30.6 Å². The summed E-state index contributed by atoms with van der Waals surface area (Å²) < 4.78 is 5.93. The summed E-state index contributed by atoms with van der Waals surface area (Å²) in [6, 6.07) is 8.47. The van der Waals surface area contributed by atoms with Gasteiger partial charge in [0.2, 0.25) is 0 Å². The van der Waals surface area contributed by atoms with E-state index in [-0.39, 0.29) is 23.3 Å². The summed E-state index contributed by atoms with van der Waals surface area (Å²) in [4.78, 5) is 33.9. The summed E-state index contributed by atoms with van der Waals surface area (Å²) in [7, 11) is 3.78. The molecule has 1 aliphatic rings. The number of aromatic carboxylic acids is 1. The Labute approximate surface area is 179 Å². The minimum atomic E-state index is -1.07. The molecule has 2 aromatic rings. The van der Waals surface area contributed by atoms with Crippen LogP contribution >= 0.6 is 11.8 Å². The van der Waals surface area contributed by atoms with Gasteiger partial charge in [0, 0.05) is 42.9 Å². The predicted molar refractivity (Wildman–Crippen MR) is 119 cm³/mol. The highest BCUT2D eigenvalue weighted by Crippen LogP contribution is 2.27. The highest BCUT2D eigenvalue weighted by molar-refractivity contribution is 8.12. The third-order valence-electron chi connectivity index (χ3n) is 4.66. The molecule has 0 radical (unpaired) electrons. The van der Waals surface area contributed by atoms with Gasteiger partial charge < -0.3 is 20.1 Å². The molecule has 1 aliphatic heterocycles. The van der Waals surface area contributed by atoms with Crippen molar-refractivity contribution in [3.8, 4) is 5.75 Å². The molecular weight excluding hydrogens is 404 g/mol. The molecule has 158 valence electrons. The van der Waals surface area contributed by atoms with E-state index in [1.165, 1.54) is 18.3 Å². The van der Waals surface area contributed by atoms with Gasteiger partial charge in [0.05, 0.1) is 23.8 Å². The van der Waals surface area contributed by atoms with Crippen molar-refractivity contribution < 1.29 is 19.4 Å². The van der Waals surface area contributed by atoms with Crippen LogP contribution in [-0.4, -0.2) is 59.5 Å². The van der Waals surface area contributed by atoms with Gasteiger partial charge in [-0.25, -0.2) is 9.78 Å². The van der Waals surface area contributed by atoms with Crippen molar-refractivity contribution in [1.29, 1.82) is 0 Å². The fraction of sp³-hybridized carbons (Fsp3) is 0.333. The van der Waals surface area contributed by atoms with Crippen molar-refractivity contribution in [2.24, 2.45) is 4.99 Å². The highest BCUT2D eigenvalue weighted by Gasteiger charge is 2.20. The van der Waals surface area contributed by atoms with Gasteiger partial charge in [0.25, 0.3) is 5.91 Å². The molecule has 30 heavy (non-hydrogen) atoms. The molecule has 2 N–H and O–H groups in total. The Bertz CT molecular complexity index is 947. The number of ether oxygens (including phenoxy) is 1. The zero-order chi connectivity index (χ0) is 21.7. The first-order valence-corrected chi connectivity index (χ1v) is 10.4. The maximum absolute atomic E-state index is 12.7. The second-order valence-corrected chi connectivity index (χ2v) is 8.20. The first-order chi connectivity index (χ1) is 14.3. The summed E-state index contributed by atoms with van der Waals surface area (Å²) in [5, 5.41) is 12.0. The van der Waals surface area contributed by atoms with Gasteiger partial charge in [-0.2, -0.15) is 0 Å². The van der Waals surface area contributed by atoms with Crippen LogP contribution in [0.15, 0.2) is 41.5 Å². The zero-order valence-electron chi connectivity index (χ0n) is 17.0. The second-order valence-electron chi connectivity index (χ2n) is 7.11. The number of hydrogen-bond acceptors (Lipinski definition) is 7. The largest absolute Gasteiger partial charge is 0.493 e. The van der Waals surface area contributed by atoms with Gasteiger partial charge in [-0.15, -0.1) is 11.8 Å². The van der Waals surface area contributed by atoms with E-state index in [4.69, 9.17) is 9.84 Å². The molecule has 8 nitrogen and oxygen atoms in total. The average molecular weight is 429 g/mol. The van der Waals surface area contributed by atoms with Crippen LogP contribution in [-0.2, 0) is 0 Å². The number of carbonyl (C=O) groups excluding carboxylic acids is 1. The number of aromatic nitrogens is 1. The van der Waals surface area contributed by atoms with E-state index in [9.17, 15) is 9.59 Å². The van der Waals surface area contributed by atoms with E-state index >= 15 is 0 Å². The molecule has 1 aromatic heterocycles. The van der Waals surface area contributed by atoms with Crippen molar-refractivity contribution in [2.45, 2.75) is 24.6 Å². The highest BCUT2D eigenvalue weighted by atomic mass is 32.2. The molecule has 0 aliphatic carbocycles. The summed E-state index contributed by atoms with van der Waals surface area (Å²) in [6.45, 7) is 2.62. The van der Waals surface area contributed by atoms with Crippen LogP contribution in [0.25, 0.3) is 0 Å². The lowest BCUT2D eigenvalue weighted by Crippen LogP contribution is -2.18. The number of carboxylic acid groups (broad SMARTS) is 1. The van der Waals surface area contributed by atoms with Crippen LogP contribution in [0.5, 0.6) is 5.75 Å². The molecule has 3 rings (SSSR count). The van der Waals surface area contributed by atoms with Crippen LogP contribution in [0, 0.1) is 0 Å². The van der Waals surface area contributed by atoms with Gasteiger partial charge in [0.1, 0.15) is 11.6 Å². The number of benzene rings is 1. The summed E-state index contributed by atoms with van der Waals surface area (Å²) in [5.74, 6) is -0.544. The second kappa shape index (κ2) is 9.62. The summed E-state index contributed by atoms with van der Waals surface area (Å²) in [6.07, 6.45) is 2.06. The lowest BCUT2D eigenvalue weighted by Gasteiger charge is -2.18. The molecule has 0 bridgehead atoms. The molecular formula is C21H24N4O4S. The van der Waals surface area contributed by atoms with Crippen LogP contribution < -0.4 is 15.0 Å². The minimum Gasteiger partial charge on any atom is -0.493 e. The number of carbonyl (C=O) groups is 2. The van der Waals surface area contributed by atoms with Crippen molar-refractivity contribution in [1.82, 2.24) is 4.98 Å². The van der Waals surface area contributed by atoms with Gasteiger partial charge >= 0.3 is 5.97 Å². The quantitative estimate of drug-likeness (QED) is 0.664. The van der Waals surface area contributed by atoms with Crippen LogP contribution in [0.2, 0.25) is 0 Å². The van der Waals surface area contributed by atoms with Gasteiger partial charge in [-0.1, -0.05) is 0 Å². The first-order valence-electron chi connectivity index (χ1n) is 9.46. The summed E-state index contributed by atoms with van der Waals surface area (Å²) in [5.41, 5.74) is 3.20. The number of thioether (sulfide) groups is 1. The Morgan fingerprint density at radius 3 is 2.63 bits per heavy atom. The van der Waals surface area contributed by atoms with E-state index in [0.717, 1.165) is 12.1 Å². The number of amides is 1. The molecule has 0 saturated carbocycles. The summed E-state index contributed by atoms with van der Waals surface area (Å²) >= 11 is 1.72. The number of pyridine rings is 1. The van der Waals surface area contributed by atoms with Crippen molar-refractivity contribution >= 4 is 40.7 Å². The Kier molecular flexibility index (Phi) is 6.94. The van der Waals surface area contributed by atoms with E-state index in [0.29, 0.717) is 23.2 Å². The van der Waals surface area contributed by atoms with E-state index < -0.39 is 5.97 Å². The lowest BCUT2D eigenvalue weighted by molar-refractivity contribution is 0.0696. The number of aliphatic imine (C=N–C) groups is 1. The third kappa shape index (κ3) is 5.50. The molecule has 1 aromatic carbocycles. The Balaban J connectivity index is 1.69. The average Bonchev–Trinajstić information content (AvgIpc) is 3.13. The molecule has 2 unspecified atom stereocenters. The smallest absolute Gasteiger partial charge is 0.337 e. The predicted octanol–water partition coefficient (Wildman–Crippen LogP) is 3.40. The molecule has 0 spiro atoms. The van der Waals surface area contributed by atoms with Crippen molar-refractivity contribution in [3.63, 3.8) is 0 Å². The fourth-order valence-corrected chi connectivity index (χ4v) is 3.81. The van der Waals surface area contributed by atoms with Gasteiger partial charge in [-0.3, -0.25) is 9.79 Å². The monoisotopic (exact) mass is 428 g/mol. The SMILES string of the molecule is CC1N=CSC1CCOc1cc(C(=O)Nc2ccc(C(=O)O)cn2)cc(N(C)C)c1. The molecule has 9 heteroatoms. The Morgan fingerprint density at radius 1 is 1.23 bits per heavy atom. The maximum Gasteiger partial charge on any atom is 0.337 e. The van der Waals surface area contributed by atoms with E-state index in [2.05, 4.69) is 22.2 Å². The molecule has 2 atom stereocenters. The van der Waals surface area contributed by atoms with Crippen molar-refractivity contribution in [2.75, 3.05) is 30.9 Å². The molecule has 2 heterocycles. The molecule has 0 saturated heterocycles. The standard InChI is InChI=1S/C21H24N4O4S/c1-13-18(30-12-23-13)6-7-29-17-9-15(8-16(10-17)25(2)3)20(26)24-19-5-4-14(11-22-19)21(27)28/h4-5,8-13,18H,6-7H2,1-3H3,(H,27,28)(H,22,24,26). The topological polar surface area (TPSA) is 104 Å². The third-order valence-corrected chi connectivity index (χ3v) is 5.89. The van der Waals surface area contributed by atoms with E-state index in [1.54, 1.807) is 23.9 Å². The van der Waals surface area contributed by atoms with Crippen molar-refractivity contribution in [3.05, 3.63) is 47.7 Å². The number of anilines is 2. The minimum absolute atomic E-state index is 0.0541. The fourth-order valence-electron chi connectivity index (χ4n) is 2.86. The number of nitrogens with zero attached hydrogens (tertiary/aromatic N) is 3. The molecule has 0 fully saturated rings. The number of nitrogens with one attached hydrogen (secondary N) is 1. The first kappa shape index (κ1) is 21.6. The lowest BCUT2D eigenvalue weighted by atomic mass is 10.1. The van der Waals surface area contributed by atoms with Gasteiger partial charge in [-0.05, 0) is 37.6 Å². The van der Waals surface area contributed by atoms with Crippen LogP contribution in [0.4, 0.5) is 11.5 Å². The number of rotatable bonds is 8. The normalized spacial score (nSPS) is 17.6. The number of hydrogen-bond donors (Lipinski definition) is 2. The maximum atomic E-state index is 12.7. The number of carboxylic acids is 1. The van der Waals surface area contributed by atoms with Crippen LogP contribution in [0.1, 0.15) is 34.1 Å². The Hall–Kier alpha value is -3.07. The van der Waals surface area contributed by atoms with Crippen LogP contribution in [0.3, 0.4) is 0 Å². The van der Waals surface area contributed by atoms with Gasteiger partial charge in [0.15, 0.2) is 0 Å². The zero-order valence-corrected chi connectivity index (χ0v) is 17.8.